The van der Waals surface area contributed by atoms with Gasteiger partial charge in [-0.3, -0.25) is 4.98 Å². The van der Waals surface area contributed by atoms with Crippen LogP contribution in [0.15, 0.2) is 36.4 Å². The zero-order valence-electron chi connectivity index (χ0n) is 11.5. The number of aromatic nitrogens is 1. The molecule has 0 fully saturated rings. The van der Waals surface area contributed by atoms with Crippen LogP contribution in [-0.2, 0) is 12.6 Å². The Morgan fingerprint density at radius 1 is 1.10 bits per heavy atom. The van der Waals surface area contributed by atoms with Crippen molar-refractivity contribution in [2.45, 2.75) is 32.0 Å². The van der Waals surface area contributed by atoms with Crippen molar-refractivity contribution in [3.05, 3.63) is 47.7 Å². The number of rotatable bonds is 1. The fraction of sp³-hybridized carbons (Fsp3) is 0.312. The first-order valence-electron chi connectivity index (χ1n) is 6.87. The molecule has 3 rings (SSSR count). The van der Waals surface area contributed by atoms with Gasteiger partial charge in [0.25, 0.3) is 0 Å². The van der Waals surface area contributed by atoms with Gasteiger partial charge in [0.05, 0.1) is 22.6 Å². The molecule has 0 amide bonds. The van der Waals surface area contributed by atoms with Gasteiger partial charge in [-0.15, -0.1) is 0 Å². The highest BCUT2D eigenvalue weighted by Crippen LogP contribution is 2.31. The highest BCUT2D eigenvalue weighted by Gasteiger charge is 2.30. The maximum atomic E-state index is 12.6. The van der Waals surface area contributed by atoms with E-state index < -0.39 is 11.7 Å². The maximum absolute atomic E-state index is 12.6. The normalized spacial score (nSPS) is 18.0. The van der Waals surface area contributed by atoms with Crippen LogP contribution >= 0.6 is 0 Å². The van der Waals surface area contributed by atoms with Crippen molar-refractivity contribution >= 4 is 5.69 Å². The van der Waals surface area contributed by atoms with Crippen LogP contribution in [0.25, 0.3) is 11.3 Å². The Labute approximate surface area is 121 Å². The first-order chi connectivity index (χ1) is 9.93. The van der Waals surface area contributed by atoms with Gasteiger partial charge in [0, 0.05) is 11.6 Å². The molecule has 5 heteroatoms. The molecule has 1 aromatic heterocycles. The van der Waals surface area contributed by atoms with Crippen LogP contribution in [0.3, 0.4) is 0 Å². The lowest BCUT2D eigenvalue weighted by Crippen LogP contribution is -2.22. The smallest absolute Gasteiger partial charge is 0.381 e. The van der Waals surface area contributed by atoms with Gasteiger partial charge in [0.1, 0.15) is 0 Å². The average Bonchev–Trinajstić information content (AvgIpc) is 2.46. The summed E-state index contributed by atoms with van der Waals surface area (Å²) in [6.45, 7) is 2.12. The minimum absolute atomic E-state index is 0.427. The number of nitrogens with zero attached hydrogens (tertiary/aromatic N) is 1. The summed E-state index contributed by atoms with van der Waals surface area (Å²) < 4.78 is 37.7. The minimum Gasteiger partial charge on any atom is -0.381 e. The Morgan fingerprint density at radius 3 is 2.48 bits per heavy atom. The van der Waals surface area contributed by atoms with E-state index in [1.165, 1.54) is 12.1 Å². The third-order valence-electron chi connectivity index (χ3n) is 3.70. The molecule has 0 spiro atoms. The topological polar surface area (TPSA) is 24.9 Å². The predicted octanol–water partition coefficient (Wildman–Crippen LogP) is 4.51. The molecule has 1 aliphatic heterocycles. The summed E-state index contributed by atoms with van der Waals surface area (Å²) in [5.41, 5.74) is 2.76. The summed E-state index contributed by atoms with van der Waals surface area (Å²) in [7, 11) is 0. The standard InChI is InChI=1S/C16H15F3N2/c1-10-2-7-15-14(20-10)9-8-13(21-15)11-3-5-12(6-4-11)16(17,18)19/h3-6,8-10,20H,2,7H2,1H3/t10-/m1/s1. The number of fused-ring (bicyclic) bond motifs is 1. The summed E-state index contributed by atoms with van der Waals surface area (Å²) in [5, 5.41) is 3.36. The van der Waals surface area contributed by atoms with E-state index in [-0.39, 0.29) is 0 Å². The van der Waals surface area contributed by atoms with Crippen molar-refractivity contribution < 1.29 is 13.2 Å². The number of hydrogen-bond donors (Lipinski definition) is 1. The van der Waals surface area contributed by atoms with Crippen LogP contribution < -0.4 is 5.32 Å². The molecule has 0 radical (unpaired) electrons. The fourth-order valence-electron chi connectivity index (χ4n) is 2.50. The second kappa shape index (κ2) is 5.06. The Kier molecular flexibility index (Phi) is 3.35. The molecule has 0 saturated heterocycles. The van der Waals surface area contributed by atoms with Gasteiger partial charge >= 0.3 is 6.18 Å². The summed E-state index contributed by atoms with van der Waals surface area (Å²) in [4.78, 5) is 4.57. The molecule has 2 heterocycles. The predicted molar refractivity (Wildman–Crippen MR) is 76.1 cm³/mol. The number of nitrogens with one attached hydrogen (secondary N) is 1. The molecule has 2 aromatic rings. The van der Waals surface area contributed by atoms with Gasteiger partial charge in [0.2, 0.25) is 0 Å². The van der Waals surface area contributed by atoms with Crippen molar-refractivity contribution in [3.63, 3.8) is 0 Å². The Hall–Kier alpha value is -2.04. The van der Waals surface area contributed by atoms with Crippen LogP contribution in [0.2, 0.25) is 0 Å². The molecule has 1 N–H and O–H groups in total. The summed E-state index contributed by atoms with van der Waals surface area (Å²) in [5.74, 6) is 0. The van der Waals surface area contributed by atoms with E-state index in [9.17, 15) is 13.2 Å². The first kappa shape index (κ1) is 13.9. The number of benzene rings is 1. The third kappa shape index (κ3) is 2.86. The van der Waals surface area contributed by atoms with Crippen LogP contribution in [0.4, 0.5) is 18.9 Å². The highest BCUT2D eigenvalue weighted by molar-refractivity contribution is 5.64. The maximum Gasteiger partial charge on any atom is 0.416 e. The van der Waals surface area contributed by atoms with E-state index in [2.05, 4.69) is 17.2 Å². The zero-order chi connectivity index (χ0) is 15.0. The molecule has 110 valence electrons. The van der Waals surface area contributed by atoms with E-state index in [4.69, 9.17) is 0 Å². The Bertz CT molecular complexity index is 648. The van der Waals surface area contributed by atoms with Gasteiger partial charge < -0.3 is 5.32 Å². The van der Waals surface area contributed by atoms with Crippen LogP contribution in [0.1, 0.15) is 24.6 Å². The van der Waals surface area contributed by atoms with E-state index in [1.54, 1.807) is 0 Å². The van der Waals surface area contributed by atoms with Gasteiger partial charge in [-0.05, 0) is 44.0 Å². The lowest BCUT2D eigenvalue weighted by molar-refractivity contribution is -0.137. The molecule has 21 heavy (non-hydrogen) atoms. The average molecular weight is 292 g/mol. The molecular weight excluding hydrogens is 277 g/mol. The van der Waals surface area contributed by atoms with Gasteiger partial charge in [-0.1, -0.05) is 12.1 Å². The molecule has 1 aliphatic rings. The third-order valence-corrected chi connectivity index (χ3v) is 3.70. The zero-order valence-corrected chi connectivity index (χ0v) is 11.5. The van der Waals surface area contributed by atoms with Crippen LogP contribution in [0.5, 0.6) is 0 Å². The molecule has 2 nitrogen and oxygen atoms in total. The number of halogens is 3. The number of anilines is 1. The molecule has 1 atom stereocenters. The number of alkyl halides is 3. The van der Waals surface area contributed by atoms with Crippen LogP contribution in [0, 0.1) is 0 Å². The second-order valence-corrected chi connectivity index (χ2v) is 5.35. The van der Waals surface area contributed by atoms with E-state index >= 15 is 0 Å². The summed E-state index contributed by atoms with van der Waals surface area (Å²) >= 11 is 0. The van der Waals surface area contributed by atoms with E-state index in [0.29, 0.717) is 17.3 Å². The number of pyridine rings is 1. The molecule has 1 aromatic carbocycles. The van der Waals surface area contributed by atoms with Gasteiger partial charge in [-0.25, -0.2) is 0 Å². The Balaban J connectivity index is 1.91. The lowest BCUT2D eigenvalue weighted by atomic mass is 10.0. The molecular formula is C16H15F3N2. The van der Waals surface area contributed by atoms with Crippen molar-refractivity contribution in [1.29, 1.82) is 0 Å². The first-order valence-corrected chi connectivity index (χ1v) is 6.87. The molecule has 0 unspecified atom stereocenters. The summed E-state index contributed by atoms with van der Waals surface area (Å²) in [6, 6.07) is 9.34. The second-order valence-electron chi connectivity index (χ2n) is 5.35. The quantitative estimate of drug-likeness (QED) is 0.836. The lowest BCUT2D eigenvalue weighted by Gasteiger charge is -2.23. The monoisotopic (exact) mass is 292 g/mol. The van der Waals surface area contributed by atoms with E-state index in [0.717, 1.165) is 36.4 Å². The molecule has 0 saturated carbocycles. The number of aryl methyl sites for hydroxylation is 1. The van der Waals surface area contributed by atoms with Gasteiger partial charge in [0.15, 0.2) is 0 Å². The SMILES string of the molecule is C[C@@H]1CCc2nc(-c3ccc(C(F)(F)F)cc3)ccc2N1. The van der Waals surface area contributed by atoms with Crippen molar-refractivity contribution in [3.8, 4) is 11.3 Å². The summed E-state index contributed by atoms with van der Waals surface area (Å²) in [6.07, 6.45) is -2.41. The Morgan fingerprint density at radius 2 is 1.81 bits per heavy atom. The largest absolute Gasteiger partial charge is 0.416 e. The van der Waals surface area contributed by atoms with Crippen molar-refractivity contribution in [2.75, 3.05) is 5.32 Å². The minimum atomic E-state index is -4.30. The van der Waals surface area contributed by atoms with Crippen molar-refractivity contribution in [2.24, 2.45) is 0 Å². The van der Waals surface area contributed by atoms with Crippen molar-refractivity contribution in [1.82, 2.24) is 4.98 Å². The fourth-order valence-corrected chi connectivity index (χ4v) is 2.50. The number of hydrogen-bond acceptors (Lipinski definition) is 2. The van der Waals surface area contributed by atoms with Gasteiger partial charge in [-0.2, -0.15) is 13.2 Å². The van der Waals surface area contributed by atoms with E-state index in [1.807, 2.05) is 12.1 Å². The molecule has 0 aliphatic carbocycles. The highest BCUT2D eigenvalue weighted by atomic mass is 19.4. The molecule has 0 bridgehead atoms. The van der Waals surface area contributed by atoms with Crippen LogP contribution in [-0.4, -0.2) is 11.0 Å².